The molecular formula is C16H24N2O2S. The molecule has 5 heteroatoms. The van der Waals surface area contributed by atoms with Crippen molar-refractivity contribution in [3.63, 3.8) is 0 Å². The van der Waals surface area contributed by atoms with E-state index in [0.29, 0.717) is 6.04 Å². The van der Waals surface area contributed by atoms with Crippen molar-refractivity contribution in [2.75, 3.05) is 25.2 Å². The van der Waals surface area contributed by atoms with Crippen LogP contribution >= 0.6 is 11.8 Å². The van der Waals surface area contributed by atoms with E-state index in [1.807, 2.05) is 6.07 Å². The zero-order chi connectivity index (χ0) is 14.5. The van der Waals surface area contributed by atoms with Gasteiger partial charge in [0.1, 0.15) is 0 Å². The smallest absolute Gasteiger partial charge is 0.217 e. The molecule has 1 aromatic heterocycles. The predicted octanol–water partition coefficient (Wildman–Crippen LogP) is 2.62. The normalized spacial score (nSPS) is 24.9. The SMILES string of the molecule is COc1ncccc1CNC1CCOC2(CCSCC2)C1. The molecule has 116 valence electrons. The first-order valence-corrected chi connectivity index (χ1v) is 8.90. The lowest BCUT2D eigenvalue weighted by Gasteiger charge is -2.43. The predicted molar refractivity (Wildman–Crippen MR) is 85.9 cm³/mol. The summed E-state index contributed by atoms with van der Waals surface area (Å²) in [4.78, 5) is 4.25. The Morgan fingerprint density at radius 2 is 2.33 bits per heavy atom. The fourth-order valence-corrected chi connectivity index (χ4v) is 4.53. The van der Waals surface area contributed by atoms with Gasteiger partial charge in [-0.15, -0.1) is 0 Å². The number of methoxy groups -OCH3 is 1. The van der Waals surface area contributed by atoms with E-state index in [0.717, 1.165) is 37.4 Å². The van der Waals surface area contributed by atoms with E-state index in [1.54, 1.807) is 13.3 Å². The van der Waals surface area contributed by atoms with Crippen LogP contribution in [-0.4, -0.2) is 41.8 Å². The second-order valence-corrected chi connectivity index (χ2v) is 7.11. The van der Waals surface area contributed by atoms with Gasteiger partial charge in [0.05, 0.1) is 12.7 Å². The Hall–Kier alpha value is -0.780. The Kier molecular flexibility index (Phi) is 5.03. The molecule has 2 aliphatic rings. The van der Waals surface area contributed by atoms with Crippen molar-refractivity contribution in [1.82, 2.24) is 10.3 Å². The van der Waals surface area contributed by atoms with Crippen LogP contribution in [0.2, 0.25) is 0 Å². The van der Waals surface area contributed by atoms with Crippen molar-refractivity contribution in [3.05, 3.63) is 23.9 Å². The standard InChI is InChI=1S/C16H24N2O2S/c1-19-15-13(3-2-7-17-15)12-18-14-4-8-20-16(11-14)5-9-21-10-6-16/h2-3,7,14,18H,4-6,8-12H2,1H3. The first-order chi connectivity index (χ1) is 10.3. The molecule has 1 N–H and O–H groups in total. The largest absolute Gasteiger partial charge is 0.481 e. The van der Waals surface area contributed by atoms with Gasteiger partial charge >= 0.3 is 0 Å². The molecule has 0 saturated carbocycles. The molecule has 0 aliphatic carbocycles. The van der Waals surface area contributed by atoms with Gasteiger partial charge in [-0.05, 0) is 43.3 Å². The van der Waals surface area contributed by atoms with Crippen LogP contribution in [0.25, 0.3) is 0 Å². The molecule has 21 heavy (non-hydrogen) atoms. The van der Waals surface area contributed by atoms with Crippen molar-refractivity contribution < 1.29 is 9.47 Å². The molecule has 3 rings (SSSR count). The van der Waals surface area contributed by atoms with E-state index in [4.69, 9.17) is 9.47 Å². The van der Waals surface area contributed by atoms with E-state index < -0.39 is 0 Å². The first-order valence-electron chi connectivity index (χ1n) is 7.74. The van der Waals surface area contributed by atoms with Gasteiger partial charge in [0.2, 0.25) is 5.88 Å². The molecule has 1 spiro atoms. The fraction of sp³-hybridized carbons (Fsp3) is 0.688. The van der Waals surface area contributed by atoms with Gasteiger partial charge in [-0.1, -0.05) is 6.07 Å². The molecule has 1 atom stereocenters. The van der Waals surface area contributed by atoms with Gasteiger partial charge in [-0.3, -0.25) is 0 Å². The highest BCUT2D eigenvalue weighted by Crippen LogP contribution is 2.37. The van der Waals surface area contributed by atoms with Crippen LogP contribution in [0, 0.1) is 0 Å². The Morgan fingerprint density at radius 3 is 3.14 bits per heavy atom. The first kappa shape index (κ1) is 15.1. The average molecular weight is 308 g/mol. The van der Waals surface area contributed by atoms with Gasteiger partial charge in [-0.25, -0.2) is 4.98 Å². The number of pyridine rings is 1. The summed E-state index contributed by atoms with van der Waals surface area (Å²) in [6.45, 7) is 1.69. The summed E-state index contributed by atoms with van der Waals surface area (Å²) in [7, 11) is 1.68. The quantitative estimate of drug-likeness (QED) is 0.926. The van der Waals surface area contributed by atoms with Crippen molar-refractivity contribution in [2.24, 2.45) is 0 Å². The molecule has 0 aromatic carbocycles. The third kappa shape index (κ3) is 3.71. The molecule has 2 fully saturated rings. The zero-order valence-corrected chi connectivity index (χ0v) is 13.5. The van der Waals surface area contributed by atoms with Gasteiger partial charge in [0.15, 0.2) is 0 Å². The number of rotatable bonds is 4. The molecule has 0 radical (unpaired) electrons. The number of ether oxygens (including phenoxy) is 2. The Balaban J connectivity index is 1.57. The van der Waals surface area contributed by atoms with Gasteiger partial charge in [0, 0.05) is 31.0 Å². The lowest BCUT2D eigenvalue weighted by Crippen LogP contribution is -2.48. The van der Waals surface area contributed by atoms with Crippen molar-refractivity contribution in [3.8, 4) is 5.88 Å². The molecule has 3 heterocycles. The fourth-order valence-electron chi connectivity index (χ4n) is 3.29. The van der Waals surface area contributed by atoms with Crippen LogP contribution in [0.3, 0.4) is 0 Å². The lowest BCUT2D eigenvalue weighted by molar-refractivity contribution is -0.0933. The third-order valence-electron chi connectivity index (χ3n) is 4.52. The highest BCUT2D eigenvalue weighted by atomic mass is 32.2. The summed E-state index contributed by atoms with van der Waals surface area (Å²) in [5.41, 5.74) is 1.26. The maximum absolute atomic E-state index is 6.14. The minimum atomic E-state index is 0.139. The Labute approximate surface area is 131 Å². The maximum Gasteiger partial charge on any atom is 0.217 e. The Bertz CT molecular complexity index is 458. The van der Waals surface area contributed by atoms with E-state index in [1.165, 1.54) is 24.3 Å². The highest BCUT2D eigenvalue weighted by Gasteiger charge is 2.38. The number of thioether (sulfide) groups is 1. The summed E-state index contributed by atoms with van der Waals surface area (Å²) in [5, 5.41) is 3.68. The van der Waals surface area contributed by atoms with Crippen LogP contribution in [0.5, 0.6) is 5.88 Å². The topological polar surface area (TPSA) is 43.4 Å². The van der Waals surface area contributed by atoms with Gasteiger partial charge < -0.3 is 14.8 Å². The minimum absolute atomic E-state index is 0.139. The molecule has 2 saturated heterocycles. The minimum Gasteiger partial charge on any atom is -0.481 e. The summed E-state index contributed by atoms with van der Waals surface area (Å²) in [5.74, 6) is 3.20. The van der Waals surface area contributed by atoms with Crippen LogP contribution < -0.4 is 10.1 Å². The number of nitrogens with zero attached hydrogens (tertiary/aromatic N) is 1. The summed E-state index contributed by atoms with van der Waals surface area (Å²) in [6.07, 6.45) is 6.40. The van der Waals surface area contributed by atoms with Crippen LogP contribution in [0.1, 0.15) is 31.2 Å². The molecule has 4 nitrogen and oxygen atoms in total. The highest BCUT2D eigenvalue weighted by molar-refractivity contribution is 7.99. The molecular weight excluding hydrogens is 284 g/mol. The zero-order valence-electron chi connectivity index (χ0n) is 12.6. The van der Waals surface area contributed by atoms with E-state index in [2.05, 4.69) is 28.1 Å². The average Bonchev–Trinajstić information content (AvgIpc) is 2.54. The summed E-state index contributed by atoms with van der Waals surface area (Å²) >= 11 is 2.05. The second-order valence-electron chi connectivity index (χ2n) is 5.89. The number of hydrogen-bond donors (Lipinski definition) is 1. The monoisotopic (exact) mass is 308 g/mol. The van der Waals surface area contributed by atoms with Crippen LogP contribution in [0.4, 0.5) is 0 Å². The van der Waals surface area contributed by atoms with Crippen molar-refractivity contribution in [2.45, 2.75) is 43.9 Å². The van der Waals surface area contributed by atoms with Gasteiger partial charge in [-0.2, -0.15) is 11.8 Å². The molecule has 1 aromatic rings. The van der Waals surface area contributed by atoms with Crippen LogP contribution in [0.15, 0.2) is 18.3 Å². The van der Waals surface area contributed by atoms with Crippen molar-refractivity contribution in [1.29, 1.82) is 0 Å². The molecule has 2 aliphatic heterocycles. The molecule has 1 unspecified atom stereocenters. The maximum atomic E-state index is 6.14. The van der Waals surface area contributed by atoms with Crippen molar-refractivity contribution >= 4 is 11.8 Å². The molecule has 0 amide bonds. The number of nitrogens with one attached hydrogen (secondary N) is 1. The number of hydrogen-bond acceptors (Lipinski definition) is 5. The van der Waals surface area contributed by atoms with E-state index >= 15 is 0 Å². The molecule has 0 bridgehead atoms. The van der Waals surface area contributed by atoms with Gasteiger partial charge in [0.25, 0.3) is 0 Å². The van der Waals surface area contributed by atoms with Crippen LogP contribution in [-0.2, 0) is 11.3 Å². The number of aromatic nitrogens is 1. The lowest BCUT2D eigenvalue weighted by atomic mass is 9.85. The van der Waals surface area contributed by atoms with E-state index in [9.17, 15) is 0 Å². The Morgan fingerprint density at radius 1 is 1.48 bits per heavy atom. The summed E-state index contributed by atoms with van der Waals surface area (Å²) < 4.78 is 11.5. The second kappa shape index (κ2) is 6.99. The summed E-state index contributed by atoms with van der Waals surface area (Å²) in [6, 6.07) is 4.57. The third-order valence-corrected chi connectivity index (χ3v) is 5.51. The van der Waals surface area contributed by atoms with E-state index in [-0.39, 0.29) is 5.60 Å².